The van der Waals surface area contributed by atoms with Crippen LogP contribution < -0.4 is 10.1 Å². The summed E-state index contributed by atoms with van der Waals surface area (Å²) in [7, 11) is 1.33. The highest BCUT2D eigenvalue weighted by Gasteiger charge is 2.41. The average molecular weight is 350 g/mol. The Morgan fingerprint density at radius 2 is 2.08 bits per heavy atom. The van der Waals surface area contributed by atoms with Crippen LogP contribution in [0.2, 0.25) is 0 Å². The third-order valence-corrected chi connectivity index (χ3v) is 4.29. The van der Waals surface area contributed by atoms with Gasteiger partial charge in [0.05, 0.1) is 24.8 Å². The molecule has 25 heavy (non-hydrogen) atoms. The van der Waals surface area contributed by atoms with Crippen molar-refractivity contribution in [3.8, 4) is 5.75 Å². The fraction of sp³-hybridized carbons (Fsp3) is 0.556. The molecule has 1 heterocycles. The number of methoxy groups -OCH3 is 1. The molecule has 2 N–H and O–H groups in total. The molecule has 7 heteroatoms. The molecule has 2 atom stereocenters. The summed E-state index contributed by atoms with van der Waals surface area (Å²) in [6, 6.07) is 6.39. The molecule has 0 aliphatic carbocycles. The van der Waals surface area contributed by atoms with Crippen LogP contribution in [0.4, 0.5) is 4.79 Å². The summed E-state index contributed by atoms with van der Waals surface area (Å²) < 4.78 is 10.6. The minimum Gasteiger partial charge on any atom is -0.492 e. The molecule has 0 aromatic heterocycles. The molecule has 0 saturated carbocycles. The maximum atomic E-state index is 11.6. The predicted molar refractivity (Wildman–Crippen MR) is 93.0 cm³/mol. The van der Waals surface area contributed by atoms with Crippen molar-refractivity contribution in [2.45, 2.75) is 32.9 Å². The number of carbonyl (C=O) groups is 2. The third kappa shape index (κ3) is 4.63. The second-order valence-corrected chi connectivity index (χ2v) is 7.18. The van der Waals surface area contributed by atoms with Gasteiger partial charge in [0.15, 0.2) is 0 Å². The Hall–Kier alpha value is -2.28. The Morgan fingerprint density at radius 1 is 1.36 bits per heavy atom. The van der Waals surface area contributed by atoms with Crippen LogP contribution in [0.5, 0.6) is 5.75 Å². The highest BCUT2D eigenvalue weighted by molar-refractivity contribution is 5.89. The maximum absolute atomic E-state index is 11.6. The van der Waals surface area contributed by atoms with Gasteiger partial charge in [-0.3, -0.25) is 0 Å². The largest absolute Gasteiger partial charge is 0.492 e. The van der Waals surface area contributed by atoms with Gasteiger partial charge in [-0.1, -0.05) is 26.8 Å². The molecule has 138 valence electrons. The zero-order valence-electron chi connectivity index (χ0n) is 15.1. The summed E-state index contributed by atoms with van der Waals surface area (Å²) in [5.74, 6) is 0.121. The van der Waals surface area contributed by atoms with Gasteiger partial charge in [-0.2, -0.15) is 0 Å². The van der Waals surface area contributed by atoms with Crippen LogP contribution in [-0.4, -0.2) is 61.0 Å². The number of hydrogen-bond acceptors (Lipinski definition) is 5. The Bertz CT molecular complexity index is 626. The van der Waals surface area contributed by atoms with E-state index in [-0.39, 0.29) is 17.5 Å². The Morgan fingerprint density at radius 3 is 2.68 bits per heavy atom. The first-order valence-corrected chi connectivity index (χ1v) is 8.28. The van der Waals surface area contributed by atoms with E-state index in [1.54, 1.807) is 24.3 Å². The molecule has 0 spiro atoms. The summed E-state index contributed by atoms with van der Waals surface area (Å²) in [6.07, 6.45) is -0.917. The molecule has 1 fully saturated rings. The van der Waals surface area contributed by atoms with Gasteiger partial charge in [0.25, 0.3) is 0 Å². The summed E-state index contributed by atoms with van der Waals surface area (Å²) >= 11 is 0. The lowest BCUT2D eigenvalue weighted by Crippen LogP contribution is -2.65. The molecule has 2 rings (SSSR count). The van der Waals surface area contributed by atoms with Gasteiger partial charge in [-0.05, 0) is 23.6 Å². The van der Waals surface area contributed by atoms with Crippen molar-refractivity contribution in [3.63, 3.8) is 0 Å². The number of piperazine rings is 1. The molecular formula is C18H26N2O5. The van der Waals surface area contributed by atoms with Gasteiger partial charge >= 0.3 is 12.1 Å². The second kappa shape index (κ2) is 7.74. The van der Waals surface area contributed by atoms with Gasteiger partial charge in [0, 0.05) is 13.1 Å². The number of hydrogen-bond donors (Lipinski definition) is 2. The highest BCUT2D eigenvalue weighted by Crippen LogP contribution is 2.29. The van der Waals surface area contributed by atoms with Crippen molar-refractivity contribution < 1.29 is 24.2 Å². The molecular weight excluding hydrogens is 324 g/mol. The van der Waals surface area contributed by atoms with E-state index in [0.717, 1.165) is 0 Å². The number of nitrogens with one attached hydrogen (secondary N) is 1. The number of carboxylic acid groups (broad SMARTS) is 1. The van der Waals surface area contributed by atoms with E-state index >= 15 is 0 Å². The van der Waals surface area contributed by atoms with Gasteiger partial charge in [-0.15, -0.1) is 0 Å². The lowest BCUT2D eigenvalue weighted by atomic mass is 9.80. The van der Waals surface area contributed by atoms with E-state index in [4.69, 9.17) is 9.47 Å². The van der Waals surface area contributed by atoms with Crippen molar-refractivity contribution >= 4 is 12.1 Å². The highest BCUT2D eigenvalue weighted by atomic mass is 16.5. The lowest BCUT2D eigenvalue weighted by Gasteiger charge is -2.46. The topological polar surface area (TPSA) is 88.1 Å². The molecule has 7 nitrogen and oxygen atoms in total. The standard InChI is InChI=1S/C18H26N2O5/c1-18(2,3)15-14(19-8-9-20(15)17(22)23)11-25-13-7-5-6-12(10-13)16(21)24-4/h5-7,10,14-15,19H,8-9,11H2,1-4H3,(H,22,23). The van der Waals surface area contributed by atoms with Crippen molar-refractivity contribution in [1.82, 2.24) is 10.2 Å². The zero-order chi connectivity index (χ0) is 18.6. The van der Waals surface area contributed by atoms with Crippen LogP contribution >= 0.6 is 0 Å². The summed E-state index contributed by atoms with van der Waals surface area (Å²) in [5.41, 5.74) is 0.171. The average Bonchev–Trinajstić information content (AvgIpc) is 2.58. The first-order valence-electron chi connectivity index (χ1n) is 8.28. The van der Waals surface area contributed by atoms with Gasteiger partial charge < -0.3 is 24.8 Å². The quantitative estimate of drug-likeness (QED) is 0.810. The van der Waals surface area contributed by atoms with Crippen LogP contribution in [0.15, 0.2) is 24.3 Å². The van der Waals surface area contributed by atoms with E-state index < -0.39 is 12.1 Å². The van der Waals surface area contributed by atoms with Crippen LogP contribution in [0.3, 0.4) is 0 Å². The van der Waals surface area contributed by atoms with Crippen molar-refractivity contribution in [2.24, 2.45) is 5.41 Å². The van der Waals surface area contributed by atoms with E-state index in [1.165, 1.54) is 12.0 Å². The van der Waals surface area contributed by atoms with Crippen molar-refractivity contribution in [2.75, 3.05) is 26.8 Å². The molecule has 0 bridgehead atoms. The van der Waals surface area contributed by atoms with E-state index in [0.29, 0.717) is 31.0 Å². The molecule has 1 aliphatic heterocycles. The van der Waals surface area contributed by atoms with E-state index in [9.17, 15) is 14.7 Å². The third-order valence-electron chi connectivity index (χ3n) is 4.29. The lowest BCUT2D eigenvalue weighted by molar-refractivity contribution is 0.0279. The number of rotatable bonds is 4. The molecule has 1 aliphatic rings. The summed E-state index contributed by atoms with van der Waals surface area (Å²) in [5, 5.41) is 12.9. The Kier molecular flexibility index (Phi) is 5.89. The fourth-order valence-corrected chi connectivity index (χ4v) is 3.29. The number of esters is 1. The number of benzene rings is 1. The van der Waals surface area contributed by atoms with Crippen LogP contribution in [-0.2, 0) is 4.74 Å². The molecule has 1 aromatic rings. The number of carbonyl (C=O) groups excluding carboxylic acids is 1. The van der Waals surface area contributed by atoms with Gasteiger partial charge in [-0.25, -0.2) is 9.59 Å². The van der Waals surface area contributed by atoms with Crippen LogP contribution in [0.1, 0.15) is 31.1 Å². The normalized spacial score (nSPS) is 20.9. The number of ether oxygens (including phenoxy) is 2. The zero-order valence-corrected chi connectivity index (χ0v) is 15.1. The first kappa shape index (κ1) is 19.1. The van der Waals surface area contributed by atoms with Gasteiger partial charge in [0.2, 0.25) is 0 Å². The summed E-state index contributed by atoms with van der Waals surface area (Å²) in [4.78, 5) is 24.7. The van der Waals surface area contributed by atoms with E-state index in [1.807, 2.05) is 20.8 Å². The molecule has 2 unspecified atom stereocenters. The van der Waals surface area contributed by atoms with Crippen molar-refractivity contribution in [1.29, 1.82) is 0 Å². The monoisotopic (exact) mass is 350 g/mol. The smallest absolute Gasteiger partial charge is 0.407 e. The predicted octanol–water partition coefficient (Wildman–Crippen LogP) is 2.22. The SMILES string of the molecule is COC(=O)c1cccc(OCC2NCCN(C(=O)O)C2C(C)(C)C)c1. The van der Waals surface area contributed by atoms with Crippen LogP contribution in [0.25, 0.3) is 0 Å². The summed E-state index contributed by atoms with van der Waals surface area (Å²) in [6.45, 7) is 7.39. The molecule has 0 radical (unpaired) electrons. The fourth-order valence-electron chi connectivity index (χ4n) is 3.29. The van der Waals surface area contributed by atoms with Crippen molar-refractivity contribution in [3.05, 3.63) is 29.8 Å². The molecule has 1 amide bonds. The molecule has 1 saturated heterocycles. The molecule has 1 aromatic carbocycles. The first-order chi connectivity index (χ1) is 11.7. The Balaban J connectivity index is 2.12. The minimum absolute atomic E-state index is 0.147. The number of nitrogens with zero attached hydrogens (tertiary/aromatic N) is 1. The van der Waals surface area contributed by atoms with Gasteiger partial charge in [0.1, 0.15) is 12.4 Å². The van der Waals surface area contributed by atoms with Crippen LogP contribution in [0, 0.1) is 5.41 Å². The number of amides is 1. The minimum atomic E-state index is -0.917. The second-order valence-electron chi connectivity index (χ2n) is 7.18. The maximum Gasteiger partial charge on any atom is 0.407 e. The Labute approximate surface area is 147 Å². The van der Waals surface area contributed by atoms with E-state index in [2.05, 4.69) is 5.32 Å².